The van der Waals surface area contributed by atoms with Gasteiger partial charge in [0.25, 0.3) is 11.5 Å². The quantitative estimate of drug-likeness (QED) is 0.225. The number of pyridine rings is 1. The van der Waals surface area contributed by atoms with Crippen LogP contribution in [0, 0.1) is 11.2 Å². The molecular formula is C36H43FN8O3. The van der Waals surface area contributed by atoms with Gasteiger partial charge in [0.2, 0.25) is 0 Å². The number of nitrogens with zero attached hydrogens (tertiary/aromatic N) is 6. The third kappa shape index (κ3) is 7.35. The van der Waals surface area contributed by atoms with E-state index >= 15 is 4.39 Å². The van der Waals surface area contributed by atoms with Crippen LogP contribution >= 0.6 is 0 Å². The molecule has 252 valence electrons. The lowest BCUT2D eigenvalue weighted by atomic mass is 9.85. The molecule has 11 nitrogen and oxygen atoms in total. The maximum atomic E-state index is 15.5. The molecule has 2 aromatic heterocycles. The van der Waals surface area contributed by atoms with E-state index in [0.29, 0.717) is 33.8 Å². The first-order valence-electron chi connectivity index (χ1n) is 15.9. The van der Waals surface area contributed by atoms with Crippen molar-refractivity contribution in [2.45, 2.75) is 39.3 Å². The monoisotopic (exact) mass is 654 g/mol. The Morgan fingerprint density at radius 1 is 1.10 bits per heavy atom. The molecule has 1 aliphatic heterocycles. The highest BCUT2D eigenvalue weighted by atomic mass is 19.1. The van der Waals surface area contributed by atoms with E-state index < -0.39 is 18.3 Å². The lowest BCUT2D eigenvalue weighted by Gasteiger charge is -2.32. The molecule has 0 aliphatic carbocycles. The summed E-state index contributed by atoms with van der Waals surface area (Å²) in [6.45, 7) is 10.1. The zero-order chi connectivity index (χ0) is 34.7. The number of hydrogen-bond acceptors (Lipinski definition) is 9. The molecule has 12 heteroatoms. The third-order valence-corrected chi connectivity index (χ3v) is 8.76. The number of piperazine rings is 1. The van der Waals surface area contributed by atoms with Gasteiger partial charge in [-0.05, 0) is 54.4 Å². The van der Waals surface area contributed by atoms with Gasteiger partial charge in [0.1, 0.15) is 11.5 Å². The number of amides is 1. The number of carbonyl (C=O) groups excluding carboxylic acids is 1. The number of aryl methyl sites for hydroxylation is 1. The van der Waals surface area contributed by atoms with Crippen LogP contribution in [0.5, 0.6) is 0 Å². The average molecular weight is 655 g/mol. The maximum absolute atomic E-state index is 15.5. The van der Waals surface area contributed by atoms with Gasteiger partial charge in [-0.25, -0.2) is 9.07 Å². The van der Waals surface area contributed by atoms with Crippen molar-refractivity contribution in [2.75, 3.05) is 50.5 Å². The van der Waals surface area contributed by atoms with Gasteiger partial charge < -0.3 is 25.6 Å². The van der Waals surface area contributed by atoms with Crippen LogP contribution in [0.15, 0.2) is 59.5 Å². The maximum Gasteiger partial charge on any atom is 0.290 e. The van der Waals surface area contributed by atoms with E-state index in [2.05, 4.69) is 32.2 Å². The van der Waals surface area contributed by atoms with Crippen LogP contribution in [0.4, 0.5) is 21.5 Å². The van der Waals surface area contributed by atoms with Crippen molar-refractivity contribution in [1.29, 1.82) is 5.41 Å². The number of anilines is 3. The molecule has 3 N–H and O–H groups in total. The van der Waals surface area contributed by atoms with Gasteiger partial charge in [0, 0.05) is 75.4 Å². The molecule has 0 atom stereocenters. The zero-order valence-corrected chi connectivity index (χ0v) is 28.3. The number of aromatic nitrogens is 3. The molecule has 3 heterocycles. The summed E-state index contributed by atoms with van der Waals surface area (Å²) in [4.78, 5) is 37.4. The second-order valence-corrected chi connectivity index (χ2v) is 13.3. The SMILES string of the molecule is CN1CCN(Cc2ccc(Nc3cc(-c4cccc(N(C)C(=O)c5c(F)cc(C(C)(C)C)cc5C=N)c4CO)nn(C)c3=O)cn2)CC1. The lowest BCUT2D eigenvalue weighted by Crippen LogP contribution is -2.43. The van der Waals surface area contributed by atoms with E-state index in [1.165, 1.54) is 29.7 Å². The van der Waals surface area contributed by atoms with Crippen molar-refractivity contribution in [2.24, 2.45) is 7.05 Å². The first-order chi connectivity index (χ1) is 22.8. The highest BCUT2D eigenvalue weighted by Gasteiger charge is 2.27. The molecule has 4 aromatic rings. The Bertz CT molecular complexity index is 1880. The summed E-state index contributed by atoms with van der Waals surface area (Å²) >= 11 is 0. The van der Waals surface area contributed by atoms with E-state index in [9.17, 15) is 14.7 Å². The fourth-order valence-electron chi connectivity index (χ4n) is 5.78. The van der Waals surface area contributed by atoms with Gasteiger partial charge >= 0.3 is 0 Å². The van der Waals surface area contributed by atoms with Crippen LogP contribution in [0.3, 0.4) is 0 Å². The highest BCUT2D eigenvalue weighted by Crippen LogP contribution is 2.33. The van der Waals surface area contributed by atoms with Crippen molar-refractivity contribution in [3.8, 4) is 11.3 Å². The minimum atomic E-state index is -0.725. The zero-order valence-electron chi connectivity index (χ0n) is 28.3. The minimum absolute atomic E-state index is 0.163. The fourth-order valence-corrected chi connectivity index (χ4v) is 5.78. The summed E-state index contributed by atoms with van der Waals surface area (Å²) in [5, 5.41) is 26.1. The predicted octanol–water partition coefficient (Wildman–Crippen LogP) is 4.54. The molecule has 1 aliphatic rings. The number of carbonyl (C=O) groups is 1. The van der Waals surface area contributed by atoms with Crippen molar-refractivity contribution >= 4 is 29.2 Å². The Kier molecular flexibility index (Phi) is 10.2. The first kappa shape index (κ1) is 34.6. The third-order valence-electron chi connectivity index (χ3n) is 8.76. The van der Waals surface area contributed by atoms with Crippen molar-refractivity contribution in [1.82, 2.24) is 24.6 Å². The van der Waals surface area contributed by atoms with E-state index in [1.54, 1.807) is 36.5 Å². The lowest BCUT2D eigenvalue weighted by molar-refractivity contribution is 0.0988. The van der Waals surface area contributed by atoms with Crippen LogP contribution in [0.25, 0.3) is 11.3 Å². The number of likely N-dealkylation sites (N-methyl/N-ethyl adjacent to an activating group) is 1. The largest absolute Gasteiger partial charge is 0.392 e. The van der Waals surface area contributed by atoms with Crippen molar-refractivity contribution in [3.63, 3.8) is 0 Å². The summed E-state index contributed by atoms with van der Waals surface area (Å²) in [6.07, 6.45) is 2.67. The normalized spacial score (nSPS) is 14.2. The van der Waals surface area contributed by atoms with E-state index in [1.807, 2.05) is 32.9 Å². The number of benzene rings is 2. The number of hydrogen-bond donors (Lipinski definition) is 3. The molecule has 0 spiro atoms. The van der Waals surface area contributed by atoms with Crippen LogP contribution < -0.4 is 15.8 Å². The second-order valence-electron chi connectivity index (χ2n) is 13.3. The summed E-state index contributed by atoms with van der Waals surface area (Å²) in [5.41, 5.74) is 3.25. The van der Waals surface area contributed by atoms with Crippen LogP contribution in [-0.2, 0) is 25.6 Å². The van der Waals surface area contributed by atoms with E-state index in [4.69, 9.17) is 5.41 Å². The van der Waals surface area contributed by atoms with Gasteiger partial charge in [-0.15, -0.1) is 0 Å². The molecule has 2 aromatic carbocycles. The topological polar surface area (TPSA) is 131 Å². The molecule has 48 heavy (non-hydrogen) atoms. The van der Waals surface area contributed by atoms with Gasteiger partial charge in [0.05, 0.1) is 35.4 Å². The number of rotatable bonds is 9. The molecule has 1 amide bonds. The van der Waals surface area contributed by atoms with Gasteiger partial charge in [-0.1, -0.05) is 32.9 Å². The summed E-state index contributed by atoms with van der Waals surface area (Å²) in [5.74, 6) is -1.39. The molecule has 0 radical (unpaired) electrons. The number of halogens is 1. The van der Waals surface area contributed by atoms with Crippen LogP contribution in [0.2, 0.25) is 0 Å². The molecule has 0 saturated carbocycles. The summed E-state index contributed by atoms with van der Waals surface area (Å²) < 4.78 is 16.7. The molecular weight excluding hydrogens is 611 g/mol. The van der Waals surface area contributed by atoms with E-state index in [-0.39, 0.29) is 27.8 Å². The van der Waals surface area contributed by atoms with Gasteiger partial charge in [-0.2, -0.15) is 5.10 Å². The van der Waals surface area contributed by atoms with E-state index in [0.717, 1.165) is 44.6 Å². The number of aliphatic hydroxyl groups excluding tert-OH is 1. The molecule has 5 rings (SSSR count). The number of aliphatic hydroxyl groups is 1. The average Bonchev–Trinajstić information content (AvgIpc) is 3.06. The molecule has 1 saturated heterocycles. The van der Waals surface area contributed by atoms with Gasteiger partial charge in [-0.3, -0.25) is 19.5 Å². The highest BCUT2D eigenvalue weighted by molar-refractivity contribution is 6.11. The predicted molar refractivity (Wildman–Crippen MR) is 187 cm³/mol. The molecule has 0 bridgehead atoms. The Morgan fingerprint density at radius 2 is 1.83 bits per heavy atom. The van der Waals surface area contributed by atoms with Crippen LogP contribution in [0.1, 0.15) is 53.5 Å². The smallest absolute Gasteiger partial charge is 0.290 e. The minimum Gasteiger partial charge on any atom is -0.392 e. The van der Waals surface area contributed by atoms with Crippen molar-refractivity contribution < 1.29 is 14.3 Å². The van der Waals surface area contributed by atoms with Gasteiger partial charge in [0.15, 0.2) is 0 Å². The Balaban J connectivity index is 1.43. The molecule has 0 unspecified atom stereocenters. The Labute approximate surface area is 280 Å². The standard InChI is InChI=1S/C36H43FN8O3/c1-36(2,3)24-16-23(19-38)33(29(37)17-24)35(48)43(5)32-9-7-8-27(28(32)22-46)30-18-31(34(47)44(6)41-30)40-25-10-11-26(39-20-25)21-45-14-12-42(4)13-15-45/h7-11,16-20,38,40,46H,12-15,21-22H2,1-6H3. The summed E-state index contributed by atoms with van der Waals surface area (Å²) in [6, 6.07) is 13.5. The summed E-state index contributed by atoms with van der Waals surface area (Å²) in [7, 11) is 5.15. The fraction of sp³-hybridized carbons (Fsp3) is 0.361. The Morgan fingerprint density at radius 3 is 2.46 bits per heavy atom. The first-order valence-corrected chi connectivity index (χ1v) is 15.9. The molecule has 1 fully saturated rings. The van der Waals surface area contributed by atoms with Crippen molar-refractivity contribution in [3.05, 3.63) is 98.8 Å². The van der Waals surface area contributed by atoms with Crippen LogP contribution in [-0.4, -0.2) is 82.1 Å². The Hall–Kier alpha value is -4.78. The number of nitrogens with one attached hydrogen (secondary N) is 2. The second kappa shape index (κ2) is 14.1.